The number of hydrazine groups is 1. The molecule has 114 valence electrons. The van der Waals surface area contributed by atoms with Crippen LogP contribution in [0.5, 0.6) is 0 Å². The smallest absolute Gasteiger partial charge is 0.163 e. The third-order valence-electron chi connectivity index (χ3n) is 3.37. The first kappa shape index (κ1) is 14.4. The van der Waals surface area contributed by atoms with Crippen molar-refractivity contribution in [1.82, 2.24) is 20.0 Å². The van der Waals surface area contributed by atoms with Crippen LogP contribution in [0.3, 0.4) is 0 Å². The van der Waals surface area contributed by atoms with Crippen LogP contribution in [0, 0.1) is 0 Å². The number of hydrogen-bond acceptors (Lipinski definition) is 8. The van der Waals surface area contributed by atoms with Crippen molar-refractivity contribution in [2.75, 3.05) is 37.0 Å². The number of carbonyl (C=O) groups is 1. The molecular weight excluding hydrogens is 284 g/mol. The number of aromatic nitrogens is 3. The Hall–Kier alpha value is -2.58. The maximum absolute atomic E-state index is 11.4. The number of pyridine rings is 1. The molecule has 3 heterocycles. The van der Waals surface area contributed by atoms with Gasteiger partial charge in [0.15, 0.2) is 12.1 Å². The number of anilines is 3. The van der Waals surface area contributed by atoms with Gasteiger partial charge in [-0.15, -0.1) is 0 Å². The maximum atomic E-state index is 11.4. The minimum absolute atomic E-state index is 0.155. The van der Waals surface area contributed by atoms with E-state index in [1.54, 1.807) is 12.4 Å². The van der Waals surface area contributed by atoms with E-state index in [9.17, 15) is 4.79 Å². The molecule has 1 aliphatic heterocycles. The van der Waals surface area contributed by atoms with Crippen molar-refractivity contribution in [2.24, 2.45) is 0 Å². The van der Waals surface area contributed by atoms with Crippen molar-refractivity contribution in [3.05, 3.63) is 36.4 Å². The lowest BCUT2D eigenvalue weighted by molar-refractivity contribution is 0.0374. The van der Waals surface area contributed by atoms with Crippen molar-refractivity contribution in [3.63, 3.8) is 0 Å². The van der Waals surface area contributed by atoms with Crippen molar-refractivity contribution >= 4 is 23.6 Å². The van der Waals surface area contributed by atoms with Gasteiger partial charge >= 0.3 is 0 Å². The molecule has 1 fully saturated rings. The Labute approximate surface area is 127 Å². The van der Waals surface area contributed by atoms with Crippen molar-refractivity contribution in [2.45, 2.75) is 0 Å². The van der Waals surface area contributed by atoms with Crippen LogP contribution in [0.15, 0.2) is 30.9 Å². The molecule has 0 radical (unpaired) electrons. The molecule has 8 heteroatoms. The number of carbonyl (C=O) groups excluding carboxylic acids is 1. The molecule has 0 aromatic carbocycles. The predicted octanol–water partition coefficient (Wildman–Crippen LogP) is 0.652. The minimum Gasteiger partial charge on any atom is -0.383 e. The summed E-state index contributed by atoms with van der Waals surface area (Å²) < 4.78 is 5.39. The summed E-state index contributed by atoms with van der Waals surface area (Å²) in [4.78, 5) is 23.7. The van der Waals surface area contributed by atoms with E-state index >= 15 is 0 Å². The molecule has 0 aliphatic carbocycles. The third-order valence-corrected chi connectivity index (χ3v) is 3.37. The van der Waals surface area contributed by atoms with Crippen LogP contribution in [0.1, 0.15) is 10.4 Å². The van der Waals surface area contributed by atoms with Gasteiger partial charge in [0, 0.05) is 19.3 Å². The Morgan fingerprint density at radius 1 is 1.32 bits per heavy atom. The zero-order valence-corrected chi connectivity index (χ0v) is 11.9. The molecule has 1 aliphatic rings. The monoisotopic (exact) mass is 300 g/mol. The Morgan fingerprint density at radius 2 is 2.14 bits per heavy atom. The Morgan fingerprint density at radius 3 is 2.82 bits per heavy atom. The zero-order chi connectivity index (χ0) is 15.4. The molecule has 8 nitrogen and oxygen atoms in total. The summed E-state index contributed by atoms with van der Waals surface area (Å²) >= 11 is 0. The highest BCUT2D eigenvalue weighted by Gasteiger charge is 2.25. The summed E-state index contributed by atoms with van der Waals surface area (Å²) in [5.74, 6) is 0.597. The first-order valence-corrected chi connectivity index (χ1v) is 6.89. The first-order chi connectivity index (χ1) is 10.8. The highest BCUT2D eigenvalue weighted by Crippen LogP contribution is 2.29. The molecule has 0 saturated carbocycles. The van der Waals surface area contributed by atoms with Gasteiger partial charge < -0.3 is 10.5 Å². The van der Waals surface area contributed by atoms with Gasteiger partial charge in [-0.05, 0) is 12.1 Å². The Kier molecular flexibility index (Phi) is 4.22. The average molecular weight is 300 g/mol. The zero-order valence-electron chi connectivity index (χ0n) is 11.9. The quantitative estimate of drug-likeness (QED) is 0.822. The second kappa shape index (κ2) is 6.46. The number of nitrogens with zero attached hydrogens (tertiary/aromatic N) is 5. The number of rotatable bonds is 4. The first-order valence-electron chi connectivity index (χ1n) is 6.89. The van der Waals surface area contributed by atoms with Gasteiger partial charge in [-0.1, -0.05) is 0 Å². The number of ether oxygens (including phenoxy) is 1. The molecule has 0 atom stereocenters. The van der Waals surface area contributed by atoms with Gasteiger partial charge in [-0.3, -0.25) is 14.8 Å². The van der Waals surface area contributed by atoms with Crippen LogP contribution in [0.4, 0.5) is 17.3 Å². The standard InChI is InChI=1S/C14H16N6O2/c15-13-12(9-21)14(18-10-17-13)20(11-2-1-3-16-8-11)19-4-6-22-7-5-19/h1-3,8-10H,4-7H2,(H2,15,17,18). The molecule has 1 saturated heterocycles. The molecule has 22 heavy (non-hydrogen) atoms. The number of morpholine rings is 1. The molecule has 0 unspecified atom stereocenters. The van der Waals surface area contributed by atoms with Crippen LogP contribution < -0.4 is 10.7 Å². The van der Waals surface area contributed by atoms with E-state index in [0.29, 0.717) is 38.4 Å². The van der Waals surface area contributed by atoms with E-state index in [-0.39, 0.29) is 11.4 Å². The normalized spacial score (nSPS) is 15.5. The maximum Gasteiger partial charge on any atom is 0.163 e. The Bertz CT molecular complexity index is 645. The van der Waals surface area contributed by atoms with E-state index in [4.69, 9.17) is 10.5 Å². The van der Waals surface area contributed by atoms with Crippen LogP contribution in [0.25, 0.3) is 0 Å². The average Bonchev–Trinajstić information content (AvgIpc) is 2.57. The fourth-order valence-corrected chi connectivity index (χ4v) is 2.33. The van der Waals surface area contributed by atoms with Crippen LogP contribution in [-0.4, -0.2) is 52.6 Å². The summed E-state index contributed by atoms with van der Waals surface area (Å²) in [6.07, 6.45) is 5.42. The Balaban J connectivity index is 2.09. The van der Waals surface area contributed by atoms with Gasteiger partial charge in [0.2, 0.25) is 0 Å². The lowest BCUT2D eigenvalue weighted by Gasteiger charge is -2.38. The highest BCUT2D eigenvalue weighted by atomic mass is 16.5. The predicted molar refractivity (Wildman–Crippen MR) is 80.6 cm³/mol. The minimum atomic E-state index is 0.155. The van der Waals surface area contributed by atoms with Gasteiger partial charge in [0.25, 0.3) is 0 Å². The molecule has 0 bridgehead atoms. The fraction of sp³-hybridized carbons (Fsp3) is 0.286. The molecule has 0 amide bonds. The number of nitrogen functional groups attached to an aromatic ring is 1. The van der Waals surface area contributed by atoms with Gasteiger partial charge in [0.05, 0.1) is 25.1 Å². The SMILES string of the molecule is Nc1ncnc(N(c2cccnc2)N2CCOCC2)c1C=O. The van der Waals surface area contributed by atoms with E-state index in [2.05, 4.69) is 20.0 Å². The lowest BCUT2D eigenvalue weighted by Crippen LogP contribution is -2.47. The van der Waals surface area contributed by atoms with Gasteiger partial charge in [-0.2, -0.15) is 0 Å². The highest BCUT2D eigenvalue weighted by molar-refractivity contribution is 5.90. The molecule has 2 aromatic heterocycles. The van der Waals surface area contributed by atoms with Crippen LogP contribution >= 0.6 is 0 Å². The molecule has 3 rings (SSSR count). The number of aldehydes is 1. The largest absolute Gasteiger partial charge is 0.383 e. The fourth-order valence-electron chi connectivity index (χ4n) is 2.33. The van der Waals surface area contributed by atoms with Crippen molar-refractivity contribution in [3.8, 4) is 0 Å². The third kappa shape index (κ3) is 2.74. The van der Waals surface area contributed by atoms with Crippen molar-refractivity contribution in [1.29, 1.82) is 0 Å². The van der Waals surface area contributed by atoms with Crippen molar-refractivity contribution < 1.29 is 9.53 Å². The van der Waals surface area contributed by atoms with E-state index in [1.807, 2.05) is 17.1 Å². The van der Waals surface area contributed by atoms with Gasteiger partial charge in [0.1, 0.15) is 17.7 Å². The van der Waals surface area contributed by atoms with E-state index < -0.39 is 0 Å². The molecule has 2 N–H and O–H groups in total. The topological polar surface area (TPSA) is 97.5 Å². The second-order valence-electron chi connectivity index (χ2n) is 4.70. The summed E-state index contributed by atoms with van der Waals surface area (Å²) in [7, 11) is 0. The van der Waals surface area contributed by atoms with E-state index in [1.165, 1.54) is 6.33 Å². The van der Waals surface area contributed by atoms with Gasteiger partial charge in [-0.25, -0.2) is 15.0 Å². The number of hydrogen-bond donors (Lipinski definition) is 1. The molecular formula is C14H16N6O2. The summed E-state index contributed by atoms with van der Waals surface area (Å²) in [5, 5.41) is 3.90. The summed E-state index contributed by atoms with van der Waals surface area (Å²) in [6.45, 7) is 2.57. The summed E-state index contributed by atoms with van der Waals surface area (Å²) in [6, 6.07) is 3.73. The van der Waals surface area contributed by atoms with Crippen LogP contribution in [0.2, 0.25) is 0 Å². The number of nitrogens with two attached hydrogens (primary N) is 1. The van der Waals surface area contributed by atoms with Crippen LogP contribution in [-0.2, 0) is 4.74 Å². The van der Waals surface area contributed by atoms with E-state index in [0.717, 1.165) is 5.69 Å². The lowest BCUT2D eigenvalue weighted by atomic mass is 10.2. The molecule has 2 aromatic rings. The second-order valence-corrected chi connectivity index (χ2v) is 4.70. The molecule has 0 spiro atoms. The summed E-state index contributed by atoms with van der Waals surface area (Å²) in [5.41, 5.74) is 6.87.